The summed E-state index contributed by atoms with van der Waals surface area (Å²) in [6, 6.07) is 0. The van der Waals surface area contributed by atoms with Crippen LogP contribution in [0.1, 0.15) is 72.1 Å². The van der Waals surface area contributed by atoms with Gasteiger partial charge in [-0.15, -0.1) is 4.33 Å². The second-order valence-corrected chi connectivity index (χ2v) is 16.1. The molecule has 1 heterocycles. The van der Waals surface area contributed by atoms with Gasteiger partial charge in [0.25, 0.3) is 0 Å². The highest BCUT2D eigenvalue weighted by Gasteiger charge is 2.67. The van der Waals surface area contributed by atoms with Gasteiger partial charge in [0.1, 0.15) is 12.2 Å². The van der Waals surface area contributed by atoms with E-state index in [1.165, 1.54) is 0 Å². The van der Waals surface area contributed by atoms with E-state index in [1.807, 2.05) is 6.92 Å². The molecule has 16 nitrogen and oxygen atoms in total. The van der Waals surface area contributed by atoms with Gasteiger partial charge in [-0.05, 0) is 79.6 Å². The monoisotopic (exact) mass is 725 g/mol. The highest BCUT2D eigenvalue weighted by molar-refractivity contribution is 7.89. The molecule has 1 spiro atoms. The molecular weight excluding hydrogens is 680 g/mol. The first kappa shape index (κ1) is 37.8. The van der Waals surface area contributed by atoms with Gasteiger partial charge in [-0.2, -0.15) is 8.42 Å². The van der Waals surface area contributed by atoms with Crippen molar-refractivity contribution in [3.8, 4) is 0 Å². The first-order valence-corrected chi connectivity index (χ1v) is 18.2. The van der Waals surface area contributed by atoms with E-state index in [2.05, 4.69) is 16.0 Å². The Morgan fingerprint density at radius 3 is 2.52 bits per heavy atom. The van der Waals surface area contributed by atoms with E-state index in [4.69, 9.17) is 22.6 Å². The molecular formula is C30H45O16S2-. The van der Waals surface area contributed by atoms with E-state index in [9.17, 15) is 43.1 Å². The number of rotatable bonds is 13. The average Bonchev–Trinajstić information content (AvgIpc) is 3.16. The maximum absolute atomic E-state index is 13.0. The summed E-state index contributed by atoms with van der Waals surface area (Å²) in [4.78, 5) is 25.7. The zero-order valence-electron chi connectivity index (χ0n) is 27.0. The smallest absolute Gasteiger partial charge is 0.397 e. The molecule has 0 amide bonds. The van der Waals surface area contributed by atoms with E-state index in [0.717, 1.165) is 24.8 Å². The van der Waals surface area contributed by atoms with Crippen molar-refractivity contribution in [2.75, 3.05) is 6.61 Å². The van der Waals surface area contributed by atoms with Crippen molar-refractivity contribution in [2.24, 2.45) is 40.4 Å². The van der Waals surface area contributed by atoms with Gasteiger partial charge < -0.3 is 34.8 Å². The normalized spacial score (nSPS) is 42.7. The molecule has 13 atom stereocenters. The Labute approximate surface area is 283 Å². The number of carbonyl (C=O) groups excluding carboxylic acids is 1. The summed E-state index contributed by atoms with van der Waals surface area (Å²) in [6.45, 7) is 8.91. The average molecular weight is 726 g/mol. The molecule has 0 radical (unpaired) electrons. The van der Waals surface area contributed by atoms with Gasteiger partial charge in [-0.1, -0.05) is 27.4 Å². The van der Waals surface area contributed by atoms with Crippen molar-refractivity contribution in [1.82, 2.24) is 0 Å². The summed E-state index contributed by atoms with van der Waals surface area (Å²) in [5.41, 5.74) is -0.194. The van der Waals surface area contributed by atoms with Gasteiger partial charge in [0.2, 0.25) is 0 Å². The fraction of sp³-hybridized carbons (Fsp3) is 0.867. The van der Waals surface area contributed by atoms with Gasteiger partial charge in [-0.25, -0.2) is 4.18 Å². The third-order valence-corrected chi connectivity index (χ3v) is 12.4. The molecule has 4 aliphatic carbocycles. The quantitative estimate of drug-likeness (QED) is 0.0309. The van der Waals surface area contributed by atoms with Gasteiger partial charge in [0.05, 0.1) is 24.7 Å². The Bertz CT molecular complexity index is 1310. The zero-order chi connectivity index (χ0) is 35.2. The van der Waals surface area contributed by atoms with Crippen LogP contribution in [0.15, 0.2) is 12.2 Å². The summed E-state index contributed by atoms with van der Waals surface area (Å²) < 4.78 is 66.1. The summed E-state index contributed by atoms with van der Waals surface area (Å²) in [7, 11) is -5.26. The number of hydrogen-bond acceptors (Lipinski definition) is 15. The lowest BCUT2D eigenvalue weighted by molar-refractivity contribution is -0.777. The number of carboxylic acid groups (broad SMARTS) is 1. The van der Waals surface area contributed by atoms with Crippen LogP contribution in [0, 0.1) is 40.4 Å². The number of esters is 1. The molecule has 0 aromatic rings. The molecule has 4 N–H and O–H groups in total. The fourth-order valence-electron chi connectivity index (χ4n) is 9.76. The van der Waals surface area contributed by atoms with Crippen molar-refractivity contribution in [1.29, 1.82) is 0 Å². The van der Waals surface area contributed by atoms with Crippen molar-refractivity contribution in [3.05, 3.63) is 12.2 Å². The molecule has 0 aromatic carbocycles. The minimum absolute atomic E-state index is 0.0340. The Hall–Kier alpha value is -1.42. The van der Waals surface area contributed by atoms with Gasteiger partial charge in [-0.3, -0.25) is 23.4 Å². The first-order valence-electron chi connectivity index (χ1n) is 16.2. The number of hydrogen-bond donors (Lipinski definition) is 4. The van der Waals surface area contributed by atoms with Crippen LogP contribution in [-0.2, 0) is 51.9 Å². The third-order valence-electron chi connectivity index (χ3n) is 11.5. The predicted molar refractivity (Wildman–Crippen MR) is 161 cm³/mol. The number of fused-ring (bicyclic) bond motifs is 3. The number of ether oxygens (including phenoxy) is 3. The molecule has 274 valence electrons. The van der Waals surface area contributed by atoms with Gasteiger partial charge in [0, 0.05) is 11.8 Å². The van der Waals surface area contributed by atoms with Crippen LogP contribution in [0.4, 0.5) is 0 Å². The lowest BCUT2D eigenvalue weighted by Crippen LogP contribution is -2.63. The van der Waals surface area contributed by atoms with Crippen LogP contribution < -0.4 is 5.26 Å². The van der Waals surface area contributed by atoms with Gasteiger partial charge >= 0.3 is 22.3 Å². The predicted octanol–water partition coefficient (Wildman–Crippen LogP) is 1.65. The molecule has 2 bridgehead atoms. The highest BCUT2D eigenvalue weighted by Crippen LogP contribution is 2.70. The minimum Gasteiger partial charge on any atom is -0.691 e. The molecule has 5 rings (SSSR count). The summed E-state index contributed by atoms with van der Waals surface area (Å²) in [5, 5.41) is 45.7. The van der Waals surface area contributed by atoms with Crippen molar-refractivity contribution >= 4 is 34.7 Å². The lowest BCUT2D eigenvalue weighted by Gasteiger charge is -2.62. The third kappa shape index (κ3) is 7.32. The summed E-state index contributed by atoms with van der Waals surface area (Å²) >= 11 is -0.0471. The van der Waals surface area contributed by atoms with Crippen LogP contribution in [0.3, 0.4) is 0 Å². The SMILES string of the molecule is C=C1C2CCC3C4(C)CC(OC5O[C@H](CO)[C@@H](OSOO[O-])C(OS(=O)(=O)O)C5OC(=O)CC(C)C)CC(C(=O)O)C4CCC3(C2)[C@H]1O. The Balaban J connectivity index is 1.49. The minimum atomic E-state index is -5.26. The highest BCUT2D eigenvalue weighted by atomic mass is 32.3. The molecule has 1 saturated heterocycles. The lowest BCUT2D eigenvalue weighted by atomic mass is 9.43. The van der Waals surface area contributed by atoms with Crippen LogP contribution >= 0.6 is 12.3 Å². The summed E-state index contributed by atoms with van der Waals surface area (Å²) in [6.07, 6.45) is -5.88. The number of aliphatic hydroxyl groups excluding tert-OH is 2. The standard InChI is InChI=1S/C30H46O16S2/c1-14(2)9-22(32)42-25-24(44-48(37,38)39)23(43-47-46-45-36)20(13-31)41-28(25)40-17-10-18(27(34)35)19-7-8-30-11-16(15(3)26(30)33)5-6-21(30)29(19,4)12-17/h14,16-21,23-26,28,31,33,36H,3,5-13H2,1-2,4H3,(H,34,35)(H,37,38,39)/p-1/t16?,17?,18?,19?,20-,21?,23-,24?,25?,26+,28?,29?,30?/m1/s1. The molecule has 5 aliphatic rings. The number of carboxylic acids is 1. The van der Waals surface area contributed by atoms with Crippen molar-refractivity contribution < 1.29 is 75.1 Å². The summed E-state index contributed by atoms with van der Waals surface area (Å²) in [5.74, 6) is -2.84. The topological polar surface area (TPSA) is 237 Å². The fourth-order valence-corrected chi connectivity index (χ4v) is 10.6. The maximum atomic E-state index is 13.0. The molecule has 4 saturated carbocycles. The number of carbonyl (C=O) groups is 2. The zero-order valence-corrected chi connectivity index (χ0v) is 28.6. The molecule has 18 heteroatoms. The van der Waals surface area contributed by atoms with Crippen LogP contribution in [0.25, 0.3) is 0 Å². The van der Waals surface area contributed by atoms with E-state index >= 15 is 0 Å². The maximum Gasteiger partial charge on any atom is 0.397 e. The molecule has 1 aliphatic heterocycles. The van der Waals surface area contributed by atoms with Crippen molar-refractivity contribution in [3.63, 3.8) is 0 Å². The van der Waals surface area contributed by atoms with E-state index in [0.29, 0.717) is 19.3 Å². The first-order chi connectivity index (χ1) is 22.5. The Morgan fingerprint density at radius 1 is 1.17 bits per heavy atom. The van der Waals surface area contributed by atoms with E-state index in [1.54, 1.807) is 13.8 Å². The second-order valence-electron chi connectivity index (χ2n) is 14.6. The van der Waals surface area contributed by atoms with Crippen LogP contribution in [0.2, 0.25) is 0 Å². The van der Waals surface area contributed by atoms with Crippen molar-refractivity contribution in [2.45, 2.75) is 115 Å². The number of aliphatic hydroxyl groups is 2. The molecule has 0 aromatic heterocycles. The van der Waals surface area contributed by atoms with Crippen LogP contribution in [-0.4, -0.2) is 89.7 Å². The molecule has 10 unspecified atom stereocenters. The second kappa shape index (κ2) is 14.7. The number of aliphatic carboxylic acids is 1. The van der Waals surface area contributed by atoms with Gasteiger partial charge in [0.15, 0.2) is 30.8 Å². The Morgan fingerprint density at radius 2 is 1.90 bits per heavy atom. The largest absolute Gasteiger partial charge is 0.691 e. The van der Waals surface area contributed by atoms with Crippen LogP contribution in [0.5, 0.6) is 0 Å². The van der Waals surface area contributed by atoms with E-state index in [-0.39, 0.29) is 48.8 Å². The molecule has 48 heavy (non-hydrogen) atoms. The van der Waals surface area contributed by atoms with E-state index < -0.39 is 88.6 Å². The molecule has 5 fully saturated rings. The Kier molecular flexibility index (Phi) is 11.6.